The molecule has 4 atom stereocenters. The first kappa shape index (κ1) is 12.0. The first-order valence-electron chi connectivity index (χ1n) is 7.40. The van der Waals surface area contributed by atoms with E-state index in [2.05, 4.69) is 45.0 Å². The highest BCUT2D eigenvalue weighted by molar-refractivity contribution is 6.62. The molecule has 4 fully saturated rings. The van der Waals surface area contributed by atoms with Crippen LogP contribution in [0.1, 0.15) is 33.6 Å². The molecule has 3 saturated carbocycles. The van der Waals surface area contributed by atoms with Crippen LogP contribution in [0.3, 0.4) is 0 Å². The third-order valence-electron chi connectivity index (χ3n) is 6.02. The van der Waals surface area contributed by atoms with Gasteiger partial charge >= 0.3 is 7.12 Å². The van der Waals surface area contributed by atoms with E-state index in [1.54, 1.807) is 0 Å². The fourth-order valence-electron chi connectivity index (χ4n) is 4.62. The van der Waals surface area contributed by atoms with E-state index in [9.17, 15) is 0 Å². The van der Waals surface area contributed by atoms with Gasteiger partial charge in [0.2, 0.25) is 0 Å². The second-order valence-electron chi connectivity index (χ2n) is 7.21. The third-order valence-corrected chi connectivity index (χ3v) is 6.02. The molecule has 100 valence electrons. The molecule has 0 N–H and O–H groups in total. The van der Waals surface area contributed by atoms with Gasteiger partial charge in [0.1, 0.15) is 0 Å². The second kappa shape index (κ2) is 3.65. The summed E-state index contributed by atoms with van der Waals surface area (Å²) in [6.45, 7) is 7.06. The monoisotopic (exact) mass is 256 g/mol. The van der Waals surface area contributed by atoms with E-state index < -0.39 is 0 Å². The second-order valence-corrected chi connectivity index (χ2v) is 7.21. The van der Waals surface area contributed by atoms with Crippen LogP contribution in [-0.4, -0.2) is 18.8 Å². The van der Waals surface area contributed by atoms with E-state index in [1.807, 2.05) is 6.07 Å². The summed E-state index contributed by atoms with van der Waals surface area (Å²) in [4.78, 5) is 0. The molecular formula is C16H21BO2. The molecule has 3 heteroatoms. The Morgan fingerprint density at radius 3 is 2.53 bits per heavy atom. The first-order valence-corrected chi connectivity index (χ1v) is 7.40. The Morgan fingerprint density at radius 2 is 1.84 bits per heavy atom. The van der Waals surface area contributed by atoms with Crippen LogP contribution < -0.4 is 5.46 Å². The standard InChI is InChI=1S/C16H21BO2/c1-15(2)11-9-13(15)16(3)14(10-11)18-17(19-16)12-7-5-4-6-8-12/h4-8,11,13-14H,9-10H2,1-3H3/t11-,13-,14+,16-/m1/s1. The van der Waals surface area contributed by atoms with Gasteiger partial charge in [-0.25, -0.2) is 0 Å². The smallest absolute Gasteiger partial charge is 0.402 e. The molecule has 1 heterocycles. The van der Waals surface area contributed by atoms with Crippen molar-refractivity contribution in [2.24, 2.45) is 17.3 Å². The molecule has 1 aromatic carbocycles. The minimum Gasteiger partial charge on any atom is -0.402 e. The maximum absolute atomic E-state index is 6.40. The lowest BCUT2D eigenvalue weighted by Crippen LogP contribution is -2.65. The number of hydrogen-bond donors (Lipinski definition) is 0. The SMILES string of the molecule is CC1(C)[C@H]2C[C@@H]3OB(c4ccccc4)O[C@]3(C)[C@@H]1C2. The fraction of sp³-hybridized carbons (Fsp3) is 0.625. The largest absolute Gasteiger partial charge is 0.494 e. The number of rotatable bonds is 1. The van der Waals surface area contributed by atoms with Gasteiger partial charge in [-0.05, 0) is 42.5 Å². The average molecular weight is 256 g/mol. The highest BCUT2D eigenvalue weighted by Gasteiger charge is 2.67. The topological polar surface area (TPSA) is 18.5 Å². The zero-order valence-electron chi connectivity index (χ0n) is 11.9. The predicted molar refractivity (Wildman–Crippen MR) is 76.2 cm³/mol. The van der Waals surface area contributed by atoms with Crippen LogP contribution in [0.5, 0.6) is 0 Å². The molecule has 3 aliphatic carbocycles. The molecule has 0 unspecified atom stereocenters. The van der Waals surface area contributed by atoms with Gasteiger partial charge in [-0.3, -0.25) is 0 Å². The van der Waals surface area contributed by atoms with Crippen molar-refractivity contribution in [3.05, 3.63) is 30.3 Å². The van der Waals surface area contributed by atoms with Crippen molar-refractivity contribution in [2.75, 3.05) is 0 Å². The molecule has 0 amide bonds. The van der Waals surface area contributed by atoms with E-state index in [0.717, 1.165) is 17.8 Å². The molecule has 1 aromatic rings. The Morgan fingerprint density at radius 1 is 1.11 bits per heavy atom. The zero-order chi connectivity index (χ0) is 13.3. The van der Waals surface area contributed by atoms with Crippen LogP contribution in [0.25, 0.3) is 0 Å². The van der Waals surface area contributed by atoms with Gasteiger partial charge in [-0.1, -0.05) is 44.2 Å². The lowest BCUT2D eigenvalue weighted by atomic mass is 9.43. The lowest BCUT2D eigenvalue weighted by Gasteiger charge is -2.64. The van der Waals surface area contributed by atoms with Crippen LogP contribution in [0, 0.1) is 17.3 Å². The summed E-state index contributed by atoms with van der Waals surface area (Å²) < 4.78 is 12.6. The molecule has 0 radical (unpaired) electrons. The lowest BCUT2D eigenvalue weighted by molar-refractivity contribution is -0.199. The fourth-order valence-corrected chi connectivity index (χ4v) is 4.62. The quantitative estimate of drug-likeness (QED) is 0.719. The summed E-state index contributed by atoms with van der Waals surface area (Å²) in [5, 5.41) is 0. The summed E-state index contributed by atoms with van der Waals surface area (Å²) >= 11 is 0. The number of hydrogen-bond acceptors (Lipinski definition) is 2. The molecule has 2 nitrogen and oxygen atoms in total. The maximum Gasteiger partial charge on any atom is 0.494 e. The maximum atomic E-state index is 6.40. The molecule has 19 heavy (non-hydrogen) atoms. The number of benzene rings is 1. The van der Waals surface area contributed by atoms with Gasteiger partial charge in [0.15, 0.2) is 0 Å². The average Bonchev–Trinajstić information content (AvgIpc) is 2.76. The van der Waals surface area contributed by atoms with Crippen molar-refractivity contribution in [3.63, 3.8) is 0 Å². The van der Waals surface area contributed by atoms with Crippen LogP contribution in [0.4, 0.5) is 0 Å². The van der Waals surface area contributed by atoms with Crippen molar-refractivity contribution in [2.45, 2.75) is 45.3 Å². The summed E-state index contributed by atoms with van der Waals surface area (Å²) in [5.41, 5.74) is 1.46. The summed E-state index contributed by atoms with van der Waals surface area (Å²) in [6.07, 6.45) is 2.74. The molecule has 1 aliphatic heterocycles. The third kappa shape index (κ3) is 1.46. The first-order chi connectivity index (χ1) is 9.02. The van der Waals surface area contributed by atoms with E-state index in [1.165, 1.54) is 6.42 Å². The van der Waals surface area contributed by atoms with Gasteiger partial charge in [0, 0.05) is 0 Å². The molecule has 1 saturated heterocycles. The normalized spacial score (nSPS) is 42.7. The van der Waals surface area contributed by atoms with Gasteiger partial charge in [-0.2, -0.15) is 0 Å². The van der Waals surface area contributed by atoms with Gasteiger partial charge in [0.05, 0.1) is 11.7 Å². The molecule has 5 rings (SSSR count). The van der Waals surface area contributed by atoms with Crippen molar-refractivity contribution in [1.29, 1.82) is 0 Å². The van der Waals surface area contributed by atoms with E-state index >= 15 is 0 Å². The highest BCUT2D eigenvalue weighted by atomic mass is 16.7. The van der Waals surface area contributed by atoms with Crippen LogP contribution in [0.2, 0.25) is 0 Å². The molecule has 0 aromatic heterocycles. The Labute approximate surface area is 115 Å². The van der Waals surface area contributed by atoms with Gasteiger partial charge in [0.25, 0.3) is 0 Å². The Kier molecular flexibility index (Phi) is 2.30. The van der Waals surface area contributed by atoms with Crippen molar-refractivity contribution in [1.82, 2.24) is 0 Å². The van der Waals surface area contributed by atoms with E-state index in [-0.39, 0.29) is 18.8 Å². The van der Waals surface area contributed by atoms with Gasteiger partial charge in [-0.15, -0.1) is 0 Å². The Bertz CT molecular complexity index is 501. The predicted octanol–water partition coefficient (Wildman–Crippen LogP) is 2.62. The van der Waals surface area contributed by atoms with E-state index in [4.69, 9.17) is 9.31 Å². The molecule has 4 aliphatic rings. The Hall–Kier alpha value is -0.795. The molecular weight excluding hydrogens is 235 g/mol. The Balaban J connectivity index is 1.64. The van der Waals surface area contributed by atoms with Crippen molar-refractivity contribution >= 4 is 12.6 Å². The minimum atomic E-state index is -0.175. The van der Waals surface area contributed by atoms with Crippen molar-refractivity contribution in [3.8, 4) is 0 Å². The summed E-state index contributed by atoms with van der Waals surface area (Å²) in [7, 11) is -0.175. The van der Waals surface area contributed by atoms with Gasteiger partial charge < -0.3 is 9.31 Å². The summed E-state index contributed by atoms with van der Waals surface area (Å²) in [5.74, 6) is 1.45. The molecule has 0 spiro atoms. The minimum absolute atomic E-state index is 0.0985. The molecule has 2 bridgehead atoms. The highest BCUT2D eigenvalue weighted by Crippen LogP contribution is 2.65. The van der Waals surface area contributed by atoms with Crippen LogP contribution >= 0.6 is 0 Å². The zero-order valence-corrected chi connectivity index (χ0v) is 11.9. The van der Waals surface area contributed by atoms with Crippen LogP contribution in [-0.2, 0) is 9.31 Å². The van der Waals surface area contributed by atoms with Crippen LogP contribution in [0.15, 0.2) is 30.3 Å². The van der Waals surface area contributed by atoms with Crippen molar-refractivity contribution < 1.29 is 9.31 Å². The van der Waals surface area contributed by atoms with E-state index in [0.29, 0.717) is 11.3 Å². The summed E-state index contributed by atoms with van der Waals surface area (Å²) in [6, 6.07) is 10.3.